The number of amides is 3. The topological polar surface area (TPSA) is 102 Å². The van der Waals surface area contributed by atoms with Gasteiger partial charge in [-0.15, -0.1) is 0 Å². The third kappa shape index (κ3) is 3.29. The highest BCUT2D eigenvalue weighted by Crippen LogP contribution is 2.29. The Labute approximate surface area is 172 Å². The summed E-state index contributed by atoms with van der Waals surface area (Å²) in [5.74, 6) is -4.97. The number of nitrogens with one attached hydrogen (secondary N) is 2. The second-order valence-corrected chi connectivity index (χ2v) is 6.95. The van der Waals surface area contributed by atoms with Crippen LogP contribution in [0, 0.1) is 11.6 Å². The molecule has 0 bridgehead atoms. The maximum absolute atomic E-state index is 13.6. The zero-order valence-electron chi connectivity index (χ0n) is 14.9. The number of H-pyrrole nitrogens is 1. The zero-order chi connectivity index (χ0) is 21.6. The van der Waals surface area contributed by atoms with Gasteiger partial charge in [0.2, 0.25) is 0 Å². The molecule has 0 aliphatic carbocycles. The molecule has 1 aliphatic rings. The van der Waals surface area contributed by atoms with Crippen molar-refractivity contribution in [2.45, 2.75) is 6.04 Å². The Morgan fingerprint density at radius 2 is 1.90 bits per heavy atom. The molecular formula is C20H12ClF2N3O4. The molecule has 3 amide bonds. The Balaban J connectivity index is 1.72. The number of hydrogen-bond donors (Lipinski definition) is 3. The highest BCUT2D eigenvalue weighted by molar-refractivity contribution is 6.31. The number of benzene rings is 2. The number of aromatic nitrogens is 1. The number of imide groups is 1. The van der Waals surface area contributed by atoms with Crippen molar-refractivity contribution < 1.29 is 28.3 Å². The SMILES string of the molecule is O=C(O)C(c1ccc(F)c(F)c1)N1C(=O)N/C(=C\c2c[nH]c3cc(Cl)ccc23)C1=O. The summed E-state index contributed by atoms with van der Waals surface area (Å²) in [6, 6.07) is 4.61. The zero-order valence-corrected chi connectivity index (χ0v) is 15.7. The predicted molar refractivity (Wildman–Crippen MR) is 103 cm³/mol. The van der Waals surface area contributed by atoms with Crippen LogP contribution in [-0.2, 0) is 9.59 Å². The molecule has 152 valence electrons. The van der Waals surface area contributed by atoms with Crippen LogP contribution >= 0.6 is 11.6 Å². The van der Waals surface area contributed by atoms with E-state index in [2.05, 4.69) is 10.3 Å². The van der Waals surface area contributed by atoms with E-state index >= 15 is 0 Å². The Kier molecular flexibility index (Phi) is 4.75. The summed E-state index contributed by atoms with van der Waals surface area (Å²) in [7, 11) is 0. The molecule has 3 N–H and O–H groups in total. The minimum atomic E-state index is -1.83. The number of nitrogens with zero attached hydrogens (tertiary/aromatic N) is 1. The van der Waals surface area contributed by atoms with Crippen molar-refractivity contribution in [2.24, 2.45) is 0 Å². The maximum atomic E-state index is 13.6. The van der Waals surface area contributed by atoms with E-state index in [9.17, 15) is 28.3 Å². The predicted octanol–water partition coefficient (Wildman–Crippen LogP) is 3.82. The van der Waals surface area contributed by atoms with Crippen LogP contribution in [-0.4, -0.2) is 32.9 Å². The van der Waals surface area contributed by atoms with E-state index in [-0.39, 0.29) is 11.3 Å². The molecule has 10 heteroatoms. The second-order valence-electron chi connectivity index (χ2n) is 6.51. The van der Waals surface area contributed by atoms with Crippen LogP contribution in [0.15, 0.2) is 48.3 Å². The number of aromatic amines is 1. The highest BCUT2D eigenvalue weighted by atomic mass is 35.5. The van der Waals surface area contributed by atoms with Gasteiger partial charge in [-0.2, -0.15) is 0 Å². The van der Waals surface area contributed by atoms with Crippen LogP contribution in [0.5, 0.6) is 0 Å². The van der Waals surface area contributed by atoms with E-state index in [1.165, 1.54) is 6.08 Å². The van der Waals surface area contributed by atoms with Crippen molar-refractivity contribution >= 4 is 46.5 Å². The number of carbonyl (C=O) groups is 3. The van der Waals surface area contributed by atoms with Crippen molar-refractivity contribution in [3.63, 3.8) is 0 Å². The monoisotopic (exact) mass is 431 g/mol. The molecule has 30 heavy (non-hydrogen) atoms. The van der Waals surface area contributed by atoms with Crippen molar-refractivity contribution in [2.75, 3.05) is 0 Å². The molecule has 2 aromatic carbocycles. The molecule has 1 saturated heterocycles. The number of halogens is 3. The molecule has 7 nitrogen and oxygen atoms in total. The van der Waals surface area contributed by atoms with E-state index in [0.717, 1.165) is 17.5 Å². The van der Waals surface area contributed by atoms with Crippen LogP contribution < -0.4 is 5.32 Å². The van der Waals surface area contributed by atoms with E-state index in [1.807, 2.05) is 0 Å². The number of hydrogen-bond acceptors (Lipinski definition) is 3. The first-order valence-electron chi connectivity index (χ1n) is 8.57. The quantitative estimate of drug-likeness (QED) is 0.431. The lowest BCUT2D eigenvalue weighted by molar-refractivity contribution is -0.146. The summed E-state index contributed by atoms with van der Waals surface area (Å²) in [6.45, 7) is 0. The third-order valence-electron chi connectivity index (χ3n) is 4.64. The average Bonchev–Trinajstić information content (AvgIpc) is 3.20. The molecule has 3 aromatic rings. The number of carboxylic acids is 1. The third-order valence-corrected chi connectivity index (χ3v) is 4.87. The van der Waals surface area contributed by atoms with Gasteiger partial charge < -0.3 is 15.4 Å². The molecule has 1 aromatic heterocycles. The fraction of sp³-hybridized carbons (Fsp3) is 0.0500. The van der Waals surface area contributed by atoms with Gasteiger partial charge in [-0.25, -0.2) is 23.3 Å². The lowest BCUT2D eigenvalue weighted by atomic mass is 10.0. The van der Waals surface area contributed by atoms with Crippen LogP contribution in [0.2, 0.25) is 5.02 Å². The normalized spacial score (nSPS) is 16.4. The summed E-state index contributed by atoms with van der Waals surface area (Å²) in [6.07, 6.45) is 2.98. The first kappa shape index (κ1) is 19.6. The summed E-state index contributed by atoms with van der Waals surface area (Å²) < 4.78 is 26.8. The van der Waals surface area contributed by atoms with E-state index in [4.69, 9.17) is 11.6 Å². The summed E-state index contributed by atoms with van der Waals surface area (Å²) in [4.78, 5) is 40.4. The smallest absolute Gasteiger partial charge is 0.331 e. The molecule has 1 atom stereocenters. The maximum Gasteiger partial charge on any atom is 0.331 e. The van der Waals surface area contributed by atoms with E-state index < -0.39 is 35.6 Å². The van der Waals surface area contributed by atoms with E-state index in [0.29, 0.717) is 27.1 Å². The fourth-order valence-corrected chi connectivity index (χ4v) is 3.44. The Bertz CT molecular complexity index is 1250. The van der Waals surface area contributed by atoms with Crippen molar-refractivity contribution in [3.05, 3.63) is 76.1 Å². The minimum Gasteiger partial charge on any atom is -0.479 e. The number of rotatable bonds is 4. The van der Waals surface area contributed by atoms with Gasteiger partial charge in [-0.3, -0.25) is 4.79 Å². The lowest BCUT2D eigenvalue weighted by Crippen LogP contribution is -2.39. The Morgan fingerprint density at radius 1 is 1.13 bits per heavy atom. The first-order chi connectivity index (χ1) is 14.3. The molecule has 0 saturated carbocycles. The molecule has 0 spiro atoms. The lowest BCUT2D eigenvalue weighted by Gasteiger charge is -2.21. The number of carboxylic acid groups (broad SMARTS) is 1. The minimum absolute atomic E-state index is 0.162. The largest absolute Gasteiger partial charge is 0.479 e. The molecular weight excluding hydrogens is 420 g/mol. The van der Waals surface area contributed by atoms with Gasteiger partial charge in [0, 0.05) is 27.7 Å². The van der Waals surface area contributed by atoms with Crippen molar-refractivity contribution in [1.82, 2.24) is 15.2 Å². The molecule has 4 rings (SSSR count). The summed E-state index contributed by atoms with van der Waals surface area (Å²) in [5, 5.41) is 13.1. The Hall–Kier alpha value is -3.72. The average molecular weight is 432 g/mol. The molecule has 1 fully saturated rings. The number of urea groups is 1. The summed E-state index contributed by atoms with van der Waals surface area (Å²) in [5.41, 5.74) is 0.845. The van der Waals surface area contributed by atoms with Crippen LogP contribution in [0.25, 0.3) is 17.0 Å². The van der Waals surface area contributed by atoms with Crippen LogP contribution in [0.4, 0.5) is 13.6 Å². The second kappa shape index (κ2) is 7.27. The molecule has 1 unspecified atom stereocenters. The van der Waals surface area contributed by atoms with Gasteiger partial charge in [0.1, 0.15) is 5.70 Å². The Morgan fingerprint density at radius 3 is 2.60 bits per heavy atom. The number of aliphatic carboxylic acids is 1. The number of fused-ring (bicyclic) bond motifs is 1. The standard InChI is InChI=1S/C20H12ClF2N3O4/c21-11-2-3-12-10(8-24-15(12)7-11)6-16-18(27)26(20(30)25-16)17(19(28)29)9-1-4-13(22)14(23)5-9/h1-8,17,24H,(H,25,30)(H,28,29)/b16-6-. The summed E-state index contributed by atoms with van der Waals surface area (Å²) >= 11 is 5.94. The van der Waals surface area contributed by atoms with Crippen LogP contribution in [0.1, 0.15) is 17.2 Å². The van der Waals surface area contributed by atoms with Gasteiger partial charge in [0.05, 0.1) is 0 Å². The van der Waals surface area contributed by atoms with Gasteiger partial charge in [0.25, 0.3) is 5.91 Å². The fourth-order valence-electron chi connectivity index (χ4n) is 3.26. The van der Waals surface area contributed by atoms with Crippen molar-refractivity contribution in [3.8, 4) is 0 Å². The number of carbonyl (C=O) groups excluding carboxylic acids is 2. The highest BCUT2D eigenvalue weighted by Gasteiger charge is 2.43. The van der Waals surface area contributed by atoms with Crippen LogP contribution in [0.3, 0.4) is 0 Å². The van der Waals surface area contributed by atoms with E-state index in [1.54, 1.807) is 24.4 Å². The molecule has 2 heterocycles. The van der Waals surface area contributed by atoms with Gasteiger partial charge >= 0.3 is 12.0 Å². The van der Waals surface area contributed by atoms with Gasteiger partial charge in [0.15, 0.2) is 17.7 Å². The van der Waals surface area contributed by atoms with Gasteiger partial charge in [-0.1, -0.05) is 23.7 Å². The van der Waals surface area contributed by atoms with Gasteiger partial charge in [-0.05, 0) is 35.9 Å². The molecule has 0 radical (unpaired) electrons. The first-order valence-corrected chi connectivity index (χ1v) is 8.94. The van der Waals surface area contributed by atoms with Crippen molar-refractivity contribution in [1.29, 1.82) is 0 Å². The molecule has 1 aliphatic heterocycles.